The molecule has 8 heteroatoms. The fourth-order valence-electron chi connectivity index (χ4n) is 4.19. The summed E-state index contributed by atoms with van der Waals surface area (Å²) in [6, 6.07) is 1.48. The second-order valence-electron chi connectivity index (χ2n) is 7.61. The summed E-state index contributed by atoms with van der Waals surface area (Å²) in [4.78, 5) is 31.5. The summed E-state index contributed by atoms with van der Waals surface area (Å²) in [6.07, 6.45) is 0. The molecule has 0 radical (unpaired) electrons. The van der Waals surface area contributed by atoms with E-state index in [4.69, 9.17) is 11.6 Å². The van der Waals surface area contributed by atoms with Crippen molar-refractivity contribution in [2.75, 3.05) is 37.0 Å². The van der Waals surface area contributed by atoms with Crippen LogP contribution in [0.5, 0.6) is 0 Å². The van der Waals surface area contributed by atoms with Crippen LogP contribution in [0.25, 0.3) is 10.9 Å². The van der Waals surface area contributed by atoms with E-state index in [0.717, 1.165) is 0 Å². The number of likely N-dealkylation sites (N-methyl/N-ethyl adjacent to an activating group) is 2. The maximum absolute atomic E-state index is 15.1. The molecule has 144 valence electrons. The molecular formula is C19H22ClFN4O2. The molecule has 6 nitrogen and oxygen atoms in total. The zero-order valence-electron chi connectivity index (χ0n) is 16.0. The first kappa shape index (κ1) is 18.3. The van der Waals surface area contributed by atoms with Crippen LogP contribution in [-0.4, -0.2) is 54.6 Å². The Morgan fingerprint density at radius 2 is 1.81 bits per heavy atom. The van der Waals surface area contributed by atoms with Crippen LogP contribution < -0.4 is 15.4 Å². The number of pyridine rings is 1. The van der Waals surface area contributed by atoms with Crippen molar-refractivity contribution >= 4 is 39.8 Å². The van der Waals surface area contributed by atoms with Crippen LogP contribution >= 0.6 is 11.6 Å². The van der Waals surface area contributed by atoms with Crippen molar-refractivity contribution < 1.29 is 9.18 Å². The van der Waals surface area contributed by atoms with Crippen molar-refractivity contribution in [2.45, 2.75) is 25.9 Å². The van der Waals surface area contributed by atoms with Crippen LogP contribution in [0.3, 0.4) is 0 Å². The smallest absolute Gasteiger partial charge is 0.277 e. The molecule has 4 rings (SSSR count). The van der Waals surface area contributed by atoms with E-state index in [2.05, 4.69) is 11.8 Å². The Morgan fingerprint density at radius 3 is 2.48 bits per heavy atom. The molecule has 1 amide bonds. The van der Waals surface area contributed by atoms with Gasteiger partial charge in [-0.15, -0.1) is 0 Å². The summed E-state index contributed by atoms with van der Waals surface area (Å²) in [5, 5.41) is 0.862. The van der Waals surface area contributed by atoms with Gasteiger partial charge in [-0.3, -0.25) is 14.5 Å². The molecular weight excluding hydrogens is 371 g/mol. The highest BCUT2D eigenvalue weighted by atomic mass is 35.5. The van der Waals surface area contributed by atoms with Gasteiger partial charge < -0.3 is 14.4 Å². The number of piperazine rings is 1. The Labute approximate surface area is 161 Å². The summed E-state index contributed by atoms with van der Waals surface area (Å²) in [7, 11) is 5.11. The average molecular weight is 393 g/mol. The molecule has 1 aromatic heterocycles. The van der Waals surface area contributed by atoms with Gasteiger partial charge >= 0.3 is 0 Å². The topological polar surface area (TPSA) is 48.8 Å². The fraction of sp³-hybridized carbons (Fsp3) is 0.474. The van der Waals surface area contributed by atoms with Crippen LogP contribution in [0.15, 0.2) is 10.9 Å². The largest absolute Gasteiger partial charge is 0.354 e. The molecule has 2 unspecified atom stereocenters. The summed E-state index contributed by atoms with van der Waals surface area (Å²) in [5.41, 5.74) is 1.01. The Bertz CT molecular complexity index is 1050. The van der Waals surface area contributed by atoms with Crippen molar-refractivity contribution in [1.82, 2.24) is 9.47 Å². The molecule has 0 aliphatic carbocycles. The zero-order chi connectivity index (χ0) is 19.8. The SMILES string of the molecule is Cc1c(Cl)cc2c3c(c(=O)n(C)c2c1F)N(C)C(=O)C1CN(C)C(C)CN31. The third-order valence-electron chi connectivity index (χ3n) is 6.03. The first-order chi connectivity index (χ1) is 12.6. The van der Waals surface area contributed by atoms with E-state index >= 15 is 4.39 Å². The van der Waals surface area contributed by atoms with E-state index < -0.39 is 11.9 Å². The Kier molecular flexibility index (Phi) is 4.01. The number of hydrogen-bond acceptors (Lipinski definition) is 4. The quantitative estimate of drug-likeness (QED) is 0.689. The normalized spacial score (nSPS) is 23.0. The number of rotatable bonds is 0. The number of nitrogens with zero attached hydrogens (tertiary/aromatic N) is 4. The van der Waals surface area contributed by atoms with Gasteiger partial charge in [-0.25, -0.2) is 4.39 Å². The monoisotopic (exact) mass is 392 g/mol. The van der Waals surface area contributed by atoms with E-state index in [0.29, 0.717) is 34.7 Å². The second-order valence-corrected chi connectivity index (χ2v) is 8.02. The molecule has 2 aliphatic rings. The molecule has 0 bridgehead atoms. The maximum Gasteiger partial charge on any atom is 0.277 e. The van der Waals surface area contributed by atoms with Crippen molar-refractivity contribution in [2.24, 2.45) is 7.05 Å². The van der Waals surface area contributed by atoms with Crippen molar-refractivity contribution in [3.8, 4) is 0 Å². The van der Waals surface area contributed by atoms with Gasteiger partial charge in [-0.1, -0.05) is 11.6 Å². The lowest BCUT2D eigenvalue weighted by molar-refractivity contribution is -0.121. The summed E-state index contributed by atoms with van der Waals surface area (Å²) >= 11 is 6.28. The van der Waals surface area contributed by atoms with Gasteiger partial charge in [0, 0.05) is 49.2 Å². The summed E-state index contributed by atoms with van der Waals surface area (Å²) in [5.74, 6) is -0.630. The first-order valence-electron chi connectivity index (χ1n) is 8.90. The van der Waals surface area contributed by atoms with Gasteiger partial charge in [0.1, 0.15) is 11.7 Å². The number of carbonyl (C=O) groups excluding carboxylic acids is 1. The van der Waals surface area contributed by atoms with E-state index in [9.17, 15) is 9.59 Å². The molecule has 0 N–H and O–H groups in total. The van der Waals surface area contributed by atoms with Crippen LogP contribution in [0.1, 0.15) is 12.5 Å². The third-order valence-corrected chi connectivity index (χ3v) is 6.42. The van der Waals surface area contributed by atoms with Gasteiger partial charge in [0.05, 0.1) is 11.2 Å². The van der Waals surface area contributed by atoms with Gasteiger partial charge in [0.25, 0.3) is 11.5 Å². The zero-order valence-corrected chi connectivity index (χ0v) is 16.8. The number of fused-ring (bicyclic) bond motifs is 5. The molecule has 1 saturated heterocycles. The molecule has 27 heavy (non-hydrogen) atoms. The van der Waals surface area contributed by atoms with Crippen LogP contribution in [-0.2, 0) is 11.8 Å². The predicted molar refractivity (Wildman–Crippen MR) is 106 cm³/mol. The van der Waals surface area contributed by atoms with Crippen molar-refractivity contribution in [1.29, 1.82) is 0 Å². The molecule has 1 fully saturated rings. The van der Waals surface area contributed by atoms with E-state index in [1.807, 2.05) is 11.9 Å². The lowest BCUT2D eigenvalue weighted by Crippen LogP contribution is -2.64. The van der Waals surface area contributed by atoms with Gasteiger partial charge in [-0.05, 0) is 27.0 Å². The number of anilines is 2. The number of hydrogen-bond donors (Lipinski definition) is 0. The standard InChI is InChI=1S/C19H22ClFN4O2/c1-9-7-25-13(8-22(9)3)18(26)24(5)17-16(25)11-6-12(20)10(2)14(21)15(11)23(4)19(17)27/h6,9,13H,7-8H2,1-5H3. The van der Waals surface area contributed by atoms with Crippen LogP contribution in [0, 0.1) is 12.7 Å². The highest BCUT2D eigenvalue weighted by molar-refractivity contribution is 6.32. The lowest BCUT2D eigenvalue weighted by atomic mass is 9.98. The lowest BCUT2D eigenvalue weighted by Gasteiger charge is -2.49. The van der Waals surface area contributed by atoms with E-state index in [-0.39, 0.29) is 28.7 Å². The minimum Gasteiger partial charge on any atom is -0.354 e. The van der Waals surface area contributed by atoms with Crippen LogP contribution in [0.2, 0.25) is 5.02 Å². The second kappa shape index (κ2) is 5.94. The molecule has 2 atom stereocenters. The van der Waals surface area contributed by atoms with Crippen molar-refractivity contribution in [3.63, 3.8) is 0 Å². The number of aryl methyl sites for hydroxylation is 1. The minimum absolute atomic E-state index is 0.128. The minimum atomic E-state index is -0.502. The van der Waals surface area contributed by atoms with Gasteiger partial charge in [0.15, 0.2) is 5.82 Å². The van der Waals surface area contributed by atoms with Crippen LogP contribution in [0.4, 0.5) is 15.8 Å². The molecule has 3 heterocycles. The number of aromatic nitrogens is 1. The first-order valence-corrected chi connectivity index (χ1v) is 9.28. The average Bonchev–Trinajstić information content (AvgIpc) is 2.62. The Balaban J connectivity index is 2.14. The highest BCUT2D eigenvalue weighted by Gasteiger charge is 2.44. The molecule has 0 spiro atoms. The van der Waals surface area contributed by atoms with Gasteiger partial charge in [0.2, 0.25) is 0 Å². The fourth-order valence-corrected chi connectivity index (χ4v) is 4.38. The number of carbonyl (C=O) groups is 1. The molecule has 2 aliphatic heterocycles. The summed E-state index contributed by atoms with van der Waals surface area (Å²) in [6.45, 7) is 4.78. The molecule has 0 saturated carbocycles. The van der Waals surface area contributed by atoms with E-state index in [1.165, 1.54) is 16.5 Å². The highest BCUT2D eigenvalue weighted by Crippen LogP contribution is 2.42. The number of halogens is 2. The van der Waals surface area contributed by atoms with Gasteiger partial charge in [-0.2, -0.15) is 0 Å². The van der Waals surface area contributed by atoms with Crippen molar-refractivity contribution in [3.05, 3.63) is 32.8 Å². The maximum atomic E-state index is 15.1. The van der Waals surface area contributed by atoms with E-state index in [1.54, 1.807) is 20.0 Å². The predicted octanol–water partition coefficient (Wildman–Crippen LogP) is 2.12. The number of amides is 1. The number of benzene rings is 1. The third kappa shape index (κ3) is 2.34. The Hall–Kier alpha value is -2.12. The summed E-state index contributed by atoms with van der Waals surface area (Å²) < 4.78 is 16.3. The molecule has 2 aromatic rings. The molecule has 1 aromatic carbocycles. The Morgan fingerprint density at radius 1 is 1.15 bits per heavy atom.